The van der Waals surface area contributed by atoms with Gasteiger partial charge in [0.15, 0.2) is 0 Å². The summed E-state index contributed by atoms with van der Waals surface area (Å²) in [7, 11) is -3.05. The molecule has 1 rings (SSSR count). The SMILES string of the molecule is Cc1csc(SCCNS(C)(=O)=O)n1. The van der Waals surface area contributed by atoms with Gasteiger partial charge >= 0.3 is 0 Å². The molecule has 0 aliphatic rings. The summed E-state index contributed by atoms with van der Waals surface area (Å²) in [4.78, 5) is 4.25. The monoisotopic (exact) mass is 252 g/mol. The summed E-state index contributed by atoms with van der Waals surface area (Å²) in [5.74, 6) is 0.708. The van der Waals surface area contributed by atoms with Crippen molar-refractivity contribution in [1.29, 1.82) is 0 Å². The van der Waals surface area contributed by atoms with Gasteiger partial charge in [-0.2, -0.15) is 0 Å². The molecule has 0 unspecified atom stereocenters. The molecule has 1 aromatic rings. The summed E-state index contributed by atoms with van der Waals surface area (Å²) in [6.45, 7) is 2.39. The Morgan fingerprint density at radius 1 is 1.64 bits per heavy atom. The van der Waals surface area contributed by atoms with E-state index in [1.54, 1.807) is 23.1 Å². The fourth-order valence-electron chi connectivity index (χ4n) is 0.764. The van der Waals surface area contributed by atoms with E-state index in [0.717, 1.165) is 16.3 Å². The Kier molecular flexibility index (Phi) is 4.36. The van der Waals surface area contributed by atoms with E-state index >= 15 is 0 Å². The first-order chi connectivity index (χ1) is 6.47. The van der Waals surface area contributed by atoms with Crippen molar-refractivity contribution in [3.8, 4) is 0 Å². The van der Waals surface area contributed by atoms with Gasteiger partial charge in [0, 0.05) is 23.4 Å². The number of hydrogen-bond acceptors (Lipinski definition) is 5. The van der Waals surface area contributed by atoms with Crippen molar-refractivity contribution >= 4 is 33.1 Å². The molecule has 80 valence electrons. The molecule has 0 radical (unpaired) electrons. The van der Waals surface area contributed by atoms with E-state index in [4.69, 9.17) is 0 Å². The fourth-order valence-corrected chi connectivity index (χ4v) is 3.14. The van der Waals surface area contributed by atoms with Gasteiger partial charge in [-0.1, -0.05) is 11.8 Å². The largest absolute Gasteiger partial charge is 0.235 e. The van der Waals surface area contributed by atoms with Crippen molar-refractivity contribution in [3.05, 3.63) is 11.1 Å². The van der Waals surface area contributed by atoms with Crippen molar-refractivity contribution in [2.24, 2.45) is 0 Å². The third-order valence-electron chi connectivity index (χ3n) is 1.29. The molecular formula is C7H12N2O2S3. The second-order valence-electron chi connectivity index (χ2n) is 2.77. The van der Waals surface area contributed by atoms with Crippen molar-refractivity contribution in [3.63, 3.8) is 0 Å². The zero-order chi connectivity index (χ0) is 10.6. The molecule has 7 heteroatoms. The molecule has 1 aromatic heterocycles. The molecule has 0 fully saturated rings. The van der Waals surface area contributed by atoms with Crippen LogP contribution < -0.4 is 4.72 Å². The molecule has 0 spiro atoms. The summed E-state index contributed by atoms with van der Waals surface area (Å²) < 4.78 is 24.8. The van der Waals surface area contributed by atoms with E-state index in [9.17, 15) is 8.42 Å². The van der Waals surface area contributed by atoms with Gasteiger partial charge in [0.25, 0.3) is 0 Å². The minimum Gasteiger partial charge on any atom is -0.235 e. The smallest absolute Gasteiger partial charge is 0.208 e. The van der Waals surface area contributed by atoms with Gasteiger partial charge in [0.1, 0.15) is 4.34 Å². The average molecular weight is 252 g/mol. The molecule has 14 heavy (non-hydrogen) atoms. The number of sulfonamides is 1. The maximum Gasteiger partial charge on any atom is 0.208 e. The van der Waals surface area contributed by atoms with Gasteiger partial charge in [-0.3, -0.25) is 0 Å². The lowest BCUT2D eigenvalue weighted by Gasteiger charge is -1.99. The standard InChI is InChI=1S/C7H12N2O2S3/c1-6-5-13-7(9-6)12-4-3-8-14(2,10)11/h5,8H,3-4H2,1-2H3. The lowest BCUT2D eigenvalue weighted by molar-refractivity contribution is 0.590. The van der Waals surface area contributed by atoms with E-state index in [-0.39, 0.29) is 0 Å². The number of aromatic nitrogens is 1. The van der Waals surface area contributed by atoms with E-state index < -0.39 is 10.0 Å². The van der Waals surface area contributed by atoms with E-state index in [2.05, 4.69) is 9.71 Å². The van der Waals surface area contributed by atoms with Crippen molar-refractivity contribution in [2.45, 2.75) is 11.3 Å². The first-order valence-corrected chi connectivity index (χ1v) is 7.72. The minimum absolute atomic E-state index is 0.447. The van der Waals surface area contributed by atoms with Gasteiger partial charge in [0.05, 0.1) is 6.26 Å². The molecule has 0 bridgehead atoms. The van der Waals surface area contributed by atoms with Crippen molar-refractivity contribution in [1.82, 2.24) is 9.71 Å². The lowest BCUT2D eigenvalue weighted by atomic mass is 10.6. The predicted molar refractivity (Wildman–Crippen MR) is 60.4 cm³/mol. The van der Waals surface area contributed by atoms with Crippen LogP contribution in [-0.2, 0) is 10.0 Å². The second-order valence-corrected chi connectivity index (χ2v) is 6.80. The molecule has 1 N–H and O–H groups in total. The van der Waals surface area contributed by atoms with Gasteiger partial charge in [0.2, 0.25) is 10.0 Å². The minimum atomic E-state index is -3.05. The van der Waals surface area contributed by atoms with Crippen LogP contribution in [0.5, 0.6) is 0 Å². The Labute approximate surface area is 92.2 Å². The Morgan fingerprint density at radius 2 is 2.36 bits per heavy atom. The van der Waals surface area contributed by atoms with Crippen LogP contribution in [0.15, 0.2) is 9.72 Å². The molecule has 0 saturated carbocycles. The number of nitrogens with one attached hydrogen (secondary N) is 1. The molecule has 0 amide bonds. The Bertz CT molecular complexity index is 385. The highest BCUT2D eigenvalue weighted by atomic mass is 32.2. The van der Waals surface area contributed by atoms with E-state index in [1.807, 2.05) is 12.3 Å². The van der Waals surface area contributed by atoms with E-state index in [1.165, 1.54) is 0 Å². The first kappa shape index (κ1) is 12.0. The lowest BCUT2D eigenvalue weighted by Crippen LogP contribution is -2.24. The highest BCUT2D eigenvalue weighted by molar-refractivity contribution is 8.01. The Morgan fingerprint density at radius 3 is 2.86 bits per heavy atom. The maximum absolute atomic E-state index is 10.7. The van der Waals surface area contributed by atoms with Crippen LogP contribution >= 0.6 is 23.1 Å². The normalized spacial score (nSPS) is 11.9. The predicted octanol–water partition coefficient (Wildman–Crippen LogP) is 1.09. The highest BCUT2D eigenvalue weighted by Gasteiger charge is 2.01. The Balaban J connectivity index is 2.23. The summed E-state index contributed by atoms with van der Waals surface area (Å²) >= 11 is 3.14. The number of rotatable bonds is 5. The quantitative estimate of drug-likeness (QED) is 0.629. The van der Waals surface area contributed by atoms with Crippen LogP contribution in [0.3, 0.4) is 0 Å². The van der Waals surface area contributed by atoms with Crippen LogP contribution in [0, 0.1) is 6.92 Å². The number of nitrogens with zero attached hydrogens (tertiary/aromatic N) is 1. The number of thioether (sulfide) groups is 1. The molecule has 4 nitrogen and oxygen atoms in total. The van der Waals surface area contributed by atoms with Crippen LogP contribution in [0.2, 0.25) is 0 Å². The summed E-state index contributed by atoms with van der Waals surface area (Å²) in [6, 6.07) is 0. The molecule has 0 atom stereocenters. The van der Waals surface area contributed by atoms with Crippen LogP contribution in [0.25, 0.3) is 0 Å². The maximum atomic E-state index is 10.7. The fraction of sp³-hybridized carbons (Fsp3) is 0.571. The van der Waals surface area contributed by atoms with Crippen LogP contribution in [-0.4, -0.2) is 32.0 Å². The van der Waals surface area contributed by atoms with Crippen molar-refractivity contribution in [2.75, 3.05) is 18.6 Å². The zero-order valence-electron chi connectivity index (χ0n) is 7.98. The summed E-state index contributed by atoms with van der Waals surface area (Å²) in [5.41, 5.74) is 1.01. The number of aryl methyl sites for hydroxylation is 1. The third kappa shape index (κ3) is 4.94. The highest BCUT2D eigenvalue weighted by Crippen LogP contribution is 2.21. The average Bonchev–Trinajstić information content (AvgIpc) is 2.44. The summed E-state index contributed by atoms with van der Waals surface area (Å²) in [6.07, 6.45) is 1.16. The molecule has 1 heterocycles. The van der Waals surface area contributed by atoms with Gasteiger partial charge in [-0.25, -0.2) is 18.1 Å². The number of thiazole rings is 1. The topological polar surface area (TPSA) is 59.1 Å². The molecule has 0 aliphatic carbocycles. The second kappa shape index (κ2) is 5.11. The zero-order valence-corrected chi connectivity index (χ0v) is 10.4. The van der Waals surface area contributed by atoms with Crippen LogP contribution in [0.4, 0.5) is 0 Å². The third-order valence-corrected chi connectivity index (χ3v) is 4.16. The van der Waals surface area contributed by atoms with Crippen LogP contribution in [0.1, 0.15) is 5.69 Å². The van der Waals surface area contributed by atoms with Gasteiger partial charge in [-0.05, 0) is 6.92 Å². The van der Waals surface area contributed by atoms with Gasteiger partial charge in [-0.15, -0.1) is 11.3 Å². The molecule has 0 aromatic carbocycles. The molecule has 0 saturated heterocycles. The van der Waals surface area contributed by atoms with Gasteiger partial charge < -0.3 is 0 Å². The first-order valence-electron chi connectivity index (χ1n) is 3.97. The Hall–Kier alpha value is -0.110. The number of hydrogen-bond donors (Lipinski definition) is 1. The molecular weight excluding hydrogens is 240 g/mol. The van der Waals surface area contributed by atoms with Crippen molar-refractivity contribution < 1.29 is 8.42 Å². The summed E-state index contributed by atoms with van der Waals surface area (Å²) in [5, 5.41) is 1.98. The van der Waals surface area contributed by atoms with E-state index in [0.29, 0.717) is 12.3 Å². The molecule has 0 aliphatic heterocycles.